The largest absolute Gasteiger partial charge is 0.337 e. The lowest BCUT2D eigenvalue weighted by Gasteiger charge is -2.31. The van der Waals surface area contributed by atoms with Crippen LogP contribution < -0.4 is 21.4 Å². The summed E-state index contributed by atoms with van der Waals surface area (Å²) in [6, 6.07) is 53.5. The molecule has 3 nitrogen and oxygen atoms in total. The van der Waals surface area contributed by atoms with Crippen molar-refractivity contribution in [3.05, 3.63) is 151 Å². The summed E-state index contributed by atoms with van der Waals surface area (Å²) in [4.78, 5) is 2.55. The molecular weight excluding hydrogens is 521 g/mol. The number of fused-ring (bicyclic) bond motifs is 10. The second-order valence-corrected chi connectivity index (χ2v) is 11.7. The standard InChI is InChI=1S/C39H26BN3/c1-3-13-26(14-4-1)41-25-31-29-18-8-10-20-33(29)42(27-15-5-2-6-16-27)39(31)40-32-19-9-12-22-35(32)43-34-21-11-7-17-28(34)30-23-24-36(41)37(40)38(30)43/h1-24H,25H2. The van der Waals surface area contributed by atoms with Gasteiger partial charge in [0.1, 0.15) is 0 Å². The van der Waals surface area contributed by atoms with Crippen LogP contribution in [0.5, 0.6) is 0 Å². The molecule has 43 heavy (non-hydrogen) atoms. The van der Waals surface area contributed by atoms with Crippen LogP contribution in [-0.4, -0.2) is 15.8 Å². The molecule has 4 heterocycles. The van der Waals surface area contributed by atoms with Gasteiger partial charge in [-0.25, -0.2) is 0 Å². The van der Waals surface area contributed by atoms with Gasteiger partial charge in [0.15, 0.2) is 0 Å². The Morgan fingerprint density at radius 3 is 1.88 bits per heavy atom. The third-order valence-electron chi connectivity index (χ3n) is 9.61. The maximum atomic E-state index is 2.55. The van der Waals surface area contributed by atoms with Crippen LogP contribution in [0.1, 0.15) is 5.56 Å². The minimum atomic E-state index is 0.0584. The van der Waals surface area contributed by atoms with Crippen LogP contribution >= 0.6 is 0 Å². The van der Waals surface area contributed by atoms with Gasteiger partial charge in [0.05, 0.1) is 16.6 Å². The minimum Gasteiger partial charge on any atom is -0.337 e. The second-order valence-electron chi connectivity index (χ2n) is 11.7. The third-order valence-corrected chi connectivity index (χ3v) is 9.61. The van der Waals surface area contributed by atoms with Gasteiger partial charge < -0.3 is 14.0 Å². The third kappa shape index (κ3) is 3.00. The molecule has 0 N–H and O–H groups in total. The van der Waals surface area contributed by atoms with E-state index < -0.39 is 0 Å². The van der Waals surface area contributed by atoms with E-state index in [4.69, 9.17) is 0 Å². The first-order valence-electron chi connectivity index (χ1n) is 15.0. The number of rotatable bonds is 2. The van der Waals surface area contributed by atoms with Crippen LogP contribution in [-0.2, 0) is 6.54 Å². The van der Waals surface area contributed by atoms with Crippen LogP contribution in [0, 0.1) is 0 Å². The molecule has 0 fully saturated rings. The predicted molar refractivity (Wildman–Crippen MR) is 181 cm³/mol. The zero-order valence-corrected chi connectivity index (χ0v) is 23.5. The number of benzene rings is 6. The molecule has 200 valence electrons. The molecule has 2 aromatic heterocycles. The quantitative estimate of drug-likeness (QED) is 0.209. The van der Waals surface area contributed by atoms with Gasteiger partial charge in [-0.15, -0.1) is 0 Å². The Kier molecular flexibility index (Phi) is 4.59. The van der Waals surface area contributed by atoms with Crippen molar-refractivity contribution in [3.63, 3.8) is 0 Å². The highest BCUT2D eigenvalue weighted by molar-refractivity contribution is 6.99. The summed E-state index contributed by atoms with van der Waals surface area (Å²) in [6.07, 6.45) is 0. The molecule has 0 saturated carbocycles. The fourth-order valence-electron chi connectivity index (χ4n) is 7.95. The SMILES string of the molecule is c1ccc(N2Cc3c(n(-c4ccccc4)c4ccccc34)B3c4ccccc4-n4c5ccccc5c5ccc2c3c54)cc1. The van der Waals surface area contributed by atoms with Gasteiger partial charge in [-0.3, -0.25) is 0 Å². The molecule has 2 aliphatic heterocycles. The Balaban J connectivity index is 1.45. The second kappa shape index (κ2) is 8.53. The highest BCUT2D eigenvalue weighted by Crippen LogP contribution is 2.40. The average molecular weight is 547 g/mol. The van der Waals surface area contributed by atoms with Gasteiger partial charge in [0, 0.05) is 51.0 Å². The number of nitrogens with zero attached hydrogens (tertiary/aromatic N) is 3. The Hall–Kier alpha value is -5.48. The normalized spacial score (nSPS) is 13.4. The Morgan fingerprint density at radius 2 is 1.09 bits per heavy atom. The van der Waals surface area contributed by atoms with Crippen molar-refractivity contribution >= 4 is 67.3 Å². The van der Waals surface area contributed by atoms with Gasteiger partial charge >= 0.3 is 0 Å². The van der Waals surface area contributed by atoms with Crippen molar-refractivity contribution < 1.29 is 0 Å². The maximum absolute atomic E-state index is 2.55. The smallest absolute Gasteiger partial charge is 0.270 e. The molecule has 0 saturated heterocycles. The van der Waals surface area contributed by atoms with Gasteiger partial charge in [-0.2, -0.15) is 0 Å². The predicted octanol–water partition coefficient (Wildman–Crippen LogP) is 7.21. The van der Waals surface area contributed by atoms with E-state index in [1.165, 1.54) is 77.5 Å². The Labute approximate surface area is 249 Å². The van der Waals surface area contributed by atoms with Crippen LogP contribution in [0.2, 0.25) is 0 Å². The monoisotopic (exact) mass is 547 g/mol. The fraction of sp³-hybridized carbons (Fsp3) is 0.0256. The number of hydrogen-bond donors (Lipinski definition) is 0. The van der Waals surface area contributed by atoms with E-state index in [2.05, 4.69) is 160 Å². The summed E-state index contributed by atoms with van der Waals surface area (Å²) >= 11 is 0. The Bertz CT molecular complexity index is 2380. The lowest BCUT2D eigenvalue weighted by atomic mass is 9.36. The molecule has 8 aromatic rings. The highest BCUT2D eigenvalue weighted by Gasteiger charge is 2.42. The van der Waals surface area contributed by atoms with Crippen LogP contribution in [0.3, 0.4) is 0 Å². The topological polar surface area (TPSA) is 13.1 Å². The first-order chi connectivity index (χ1) is 21.4. The zero-order valence-electron chi connectivity index (χ0n) is 23.5. The summed E-state index contributed by atoms with van der Waals surface area (Å²) < 4.78 is 5.07. The van der Waals surface area contributed by atoms with E-state index in [-0.39, 0.29) is 6.71 Å². The lowest BCUT2D eigenvalue weighted by Crippen LogP contribution is -2.58. The van der Waals surface area contributed by atoms with Crippen molar-refractivity contribution in [2.24, 2.45) is 0 Å². The first kappa shape index (κ1) is 23.1. The van der Waals surface area contributed by atoms with Crippen LogP contribution in [0.25, 0.3) is 44.1 Å². The van der Waals surface area contributed by atoms with Gasteiger partial charge in [-0.1, -0.05) is 97.1 Å². The van der Waals surface area contributed by atoms with Crippen molar-refractivity contribution in [1.82, 2.24) is 9.13 Å². The molecule has 0 spiro atoms. The Morgan fingerprint density at radius 1 is 0.465 bits per heavy atom. The van der Waals surface area contributed by atoms with Gasteiger partial charge in [-0.05, 0) is 65.0 Å². The number of aromatic nitrogens is 2. The molecule has 6 aromatic carbocycles. The molecule has 0 unspecified atom stereocenters. The van der Waals surface area contributed by atoms with Crippen LogP contribution in [0.15, 0.2) is 146 Å². The molecule has 2 aliphatic rings. The van der Waals surface area contributed by atoms with Gasteiger partial charge in [0.2, 0.25) is 0 Å². The summed E-state index contributed by atoms with van der Waals surface area (Å²) in [5.74, 6) is 0. The summed E-state index contributed by atoms with van der Waals surface area (Å²) in [5, 5.41) is 3.93. The molecule has 0 atom stereocenters. The van der Waals surface area contributed by atoms with Crippen molar-refractivity contribution in [2.75, 3.05) is 4.90 Å². The van der Waals surface area contributed by atoms with E-state index in [0.717, 1.165) is 6.54 Å². The summed E-state index contributed by atoms with van der Waals surface area (Å²) in [7, 11) is 0. The van der Waals surface area contributed by atoms with E-state index in [9.17, 15) is 0 Å². The number of anilines is 2. The first-order valence-corrected chi connectivity index (χ1v) is 15.0. The van der Waals surface area contributed by atoms with Gasteiger partial charge in [0.25, 0.3) is 6.71 Å². The molecule has 0 amide bonds. The summed E-state index contributed by atoms with van der Waals surface area (Å²) in [5.41, 5.74) is 14.3. The van der Waals surface area contributed by atoms with Crippen molar-refractivity contribution in [1.29, 1.82) is 0 Å². The van der Waals surface area contributed by atoms with E-state index >= 15 is 0 Å². The molecule has 0 bridgehead atoms. The molecule has 4 heteroatoms. The maximum Gasteiger partial charge on any atom is 0.270 e. The molecule has 10 rings (SSSR count). The van der Waals surface area contributed by atoms with E-state index in [1.54, 1.807) is 0 Å². The van der Waals surface area contributed by atoms with E-state index in [1.807, 2.05) is 0 Å². The fourth-order valence-corrected chi connectivity index (χ4v) is 7.95. The van der Waals surface area contributed by atoms with Crippen molar-refractivity contribution in [3.8, 4) is 11.4 Å². The van der Waals surface area contributed by atoms with E-state index in [0.29, 0.717) is 0 Å². The summed E-state index contributed by atoms with van der Waals surface area (Å²) in [6.45, 7) is 0.847. The van der Waals surface area contributed by atoms with Crippen molar-refractivity contribution in [2.45, 2.75) is 6.54 Å². The average Bonchev–Trinajstić information content (AvgIpc) is 3.53. The highest BCUT2D eigenvalue weighted by atomic mass is 15.2. The van der Waals surface area contributed by atoms with Crippen LogP contribution in [0.4, 0.5) is 11.4 Å². The number of hydrogen-bond acceptors (Lipinski definition) is 1. The molecule has 0 radical (unpaired) electrons. The molecular formula is C39H26BN3. The molecule has 0 aliphatic carbocycles. The minimum absolute atomic E-state index is 0.0584. The lowest BCUT2D eigenvalue weighted by molar-refractivity contribution is 0.993. The zero-order chi connectivity index (χ0) is 28.1. The number of para-hydroxylation sites is 5.